The van der Waals surface area contributed by atoms with E-state index in [-0.39, 0.29) is 15.3 Å². The van der Waals surface area contributed by atoms with E-state index in [1.165, 1.54) is 6.33 Å². The molecule has 0 saturated carbocycles. The first kappa shape index (κ1) is 18.0. The van der Waals surface area contributed by atoms with E-state index in [1.807, 2.05) is 13.0 Å². The number of aromatic nitrogens is 5. The molecular formula is C17H14F2N6O2S. The van der Waals surface area contributed by atoms with E-state index >= 15 is 0 Å². The minimum Gasteiger partial charge on any atom is -0.343 e. The molecule has 0 fully saturated rings. The van der Waals surface area contributed by atoms with Crippen LogP contribution in [0, 0.1) is 6.92 Å². The van der Waals surface area contributed by atoms with Crippen LogP contribution in [0.15, 0.2) is 53.9 Å². The molecule has 1 aromatic carbocycles. The summed E-state index contributed by atoms with van der Waals surface area (Å²) in [7, 11) is -4.03. The normalized spacial score (nSPS) is 12.0. The second-order valence-electron chi connectivity index (χ2n) is 6.05. The molecule has 0 aliphatic carbocycles. The molecule has 2 N–H and O–H groups in total. The highest BCUT2D eigenvalue weighted by atomic mass is 32.2. The van der Waals surface area contributed by atoms with Gasteiger partial charge in [-0.3, -0.25) is 4.72 Å². The number of alkyl halides is 2. The van der Waals surface area contributed by atoms with Crippen LogP contribution in [-0.4, -0.2) is 33.2 Å². The summed E-state index contributed by atoms with van der Waals surface area (Å²) in [5.41, 5.74) is 3.43. The lowest BCUT2D eigenvalue weighted by atomic mass is 10.1. The fraction of sp³-hybridized carbons (Fsp3) is 0.118. The predicted octanol–water partition coefficient (Wildman–Crippen LogP) is 3.33. The van der Waals surface area contributed by atoms with Gasteiger partial charge in [0, 0.05) is 22.3 Å². The maximum Gasteiger partial charge on any atom is 0.333 e. The van der Waals surface area contributed by atoms with Gasteiger partial charge in [0.1, 0.15) is 16.9 Å². The van der Waals surface area contributed by atoms with Crippen LogP contribution < -0.4 is 4.72 Å². The summed E-state index contributed by atoms with van der Waals surface area (Å²) in [6.45, 7) is -0.996. The number of benzene rings is 1. The van der Waals surface area contributed by atoms with Crippen molar-refractivity contribution in [1.82, 2.24) is 24.7 Å². The number of hydrogen-bond acceptors (Lipinski definition) is 5. The van der Waals surface area contributed by atoms with Crippen LogP contribution in [0.5, 0.6) is 0 Å². The number of fused-ring (bicyclic) bond motifs is 1. The number of nitrogens with zero attached hydrogens (tertiary/aromatic N) is 4. The summed E-state index contributed by atoms with van der Waals surface area (Å²) in [4.78, 5) is 11.3. The number of aryl methyl sites for hydroxylation is 1. The second-order valence-corrected chi connectivity index (χ2v) is 7.74. The van der Waals surface area contributed by atoms with Crippen LogP contribution in [0.1, 0.15) is 12.2 Å². The van der Waals surface area contributed by atoms with Gasteiger partial charge in [0.05, 0.1) is 18.1 Å². The van der Waals surface area contributed by atoms with Gasteiger partial charge in [0.15, 0.2) is 0 Å². The zero-order valence-corrected chi connectivity index (χ0v) is 15.3. The topological polar surface area (TPSA) is 106 Å². The Hall–Kier alpha value is -3.34. The lowest BCUT2D eigenvalue weighted by Crippen LogP contribution is -2.12. The van der Waals surface area contributed by atoms with Crippen LogP contribution in [0.2, 0.25) is 0 Å². The number of H-pyrrole nitrogens is 1. The highest BCUT2D eigenvalue weighted by molar-refractivity contribution is 7.92. The van der Waals surface area contributed by atoms with Crippen LogP contribution in [0.25, 0.3) is 22.3 Å². The van der Waals surface area contributed by atoms with Crippen molar-refractivity contribution >= 4 is 26.7 Å². The van der Waals surface area contributed by atoms with Gasteiger partial charge in [0.2, 0.25) is 0 Å². The SMILES string of the molecule is Cc1cc2c(-c3ccc(NS(=O)(=O)c4cnn(C(F)F)c4)cc3)ncnc2[nH]1. The molecule has 0 bridgehead atoms. The number of hydrogen-bond donors (Lipinski definition) is 2. The Morgan fingerprint density at radius 3 is 2.61 bits per heavy atom. The van der Waals surface area contributed by atoms with Crippen LogP contribution in [-0.2, 0) is 10.0 Å². The maximum absolute atomic E-state index is 12.6. The van der Waals surface area contributed by atoms with Crippen LogP contribution >= 0.6 is 0 Å². The van der Waals surface area contributed by atoms with Crippen molar-refractivity contribution in [1.29, 1.82) is 0 Å². The van der Waals surface area contributed by atoms with E-state index in [1.54, 1.807) is 24.3 Å². The molecule has 28 heavy (non-hydrogen) atoms. The summed E-state index contributed by atoms with van der Waals surface area (Å²) in [6.07, 6.45) is 3.09. The standard InChI is InChI=1S/C17H14F2N6O2S/c1-10-6-14-15(20-9-21-16(14)23-10)11-2-4-12(5-3-11)24-28(26,27)13-7-22-25(8-13)17(18)19/h2-9,17,24H,1H3,(H,20,21,23). The number of rotatable bonds is 5. The highest BCUT2D eigenvalue weighted by Crippen LogP contribution is 2.27. The Bertz CT molecular complexity index is 1250. The van der Waals surface area contributed by atoms with Gasteiger partial charge in [-0.25, -0.2) is 23.1 Å². The van der Waals surface area contributed by atoms with Crippen LogP contribution in [0.4, 0.5) is 14.5 Å². The Morgan fingerprint density at radius 2 is 1.93 bits per heavy atom. The molecule has 3 aromatic heterocycles. The fourth-order valence-electron chi connectivity index (χ4n) is 2.78. The summed E-state index contributed by atoms with van der Waals surface area (Å²) in [6, 6.07) is 8.49. The van der Waals surface area contributed by atoms with Gasteiger partial charge in [-0.15, -0.1) is 0 Å². The fourth-order valence-corrected chi connectivity index (χ4v) is 3.77. The zero-order valence-electron chi connectivity index (χ0n) is 14.5. The van der Waals surface area contributed by atoms with Crippen LogP contribution in [0.3, 0.4) is 0 Å². The van der Waals surface area contributed by atoms with E-state index < -0.39 is 16.6 Å². The Kier molecular flexibility index (Phi) is 4.30. The lowest BCUT2D eigenvalue weighted by Gasteiger charge is -2.08. The Balaban J connectivity index is 1.61. The summed E-state index contributed by atoms with van der Waals surface area (Å²) >= 11 is 0. The molecule has 0 unspecified atom stereocenters. The minimum absolute atomic E-state index is 0.275. The molecule has 3 heterocycles. The number of sulfonamides is 1. The van der Waals surface area contributed by atoms with Crippen molar-refractivity contribution in [3.05, 3.63) is 54.7 Å². The van der Waals surface area contributed by atoms with E-state index in [2.05, 4.69) is 24.8 Å². The van der Waals surface area contributed by atoms with E-state index in [0.717, 1.165) is 29.0 Å². The third kappa shape index (κ3) is 3.31. The van der Waals surface area contributed by atoms with E-state index in [4.69, 9.17) is 0 Å². The first-order valence-electron chi connectivity index (χ1n) is 8.09. The molecule has 8 nitrogen and oxygen atoms in total. The van der Waals surface area contributed by atoms with Gasteiger partial charge in [0.25, 0.3) is 10.0 Å². The average molecular weight is 404 g/mol. The molecule has 144 valence electrons. The molecule has 0 amide bonds. The van der Waals surface area contributed by atoms with Crippen molar-refractivity contribution in [2.45, 2.75) is 18.4 Å². The minimum atomic E-state index is -4.03. The van der Waals surface area contributed by atoms with E-state index in [9.17, 15) is 17.2 Å². The molecule has 4 rings (SSSR count). The lowest BCUT2D eigenvalue weighted by molar-refractivity contribution is 0.0564. The van der Waals surface area contributed by atoms with Gasteiger partial charge in [-0.2, -0.15) is 13.9 Å². The molecule has 0 aliphatic heterocycles. The zero-order chi connectivity index (χ0) is 19.9. The van der Waals surface area contributed by atoms with Crippen molar-refractivity contribution in [3.8, 4) is 11.3 Å². The molecule has 0 spiro atoms. The van der Waals surface area contributed by atoms with Gasteiger partial charge in [-0.1, -0.05) is 12.1 Å². The molecule has 0 radical (unpaired) electrons. The molecule has 0 aliphatic rings. The van der Waals surface area contributed by atoms with E-state index in [0.29, 0.717) is 11.3 Å². The first-order chi connectivity index (χ1) is 13.3. The first-order valence-corrected chi connectivity index (χ1v) is 9.58. The van der Waals surface area contributed by atoms with Crippen molar-refractivity contribution in [2.24, 2.45) is 0 Å². The smallest absolute Gasteiger partial charge is 0.333 e. The highest BCUT2D eigenvalue weighted by Gasteiger charge is 2.19. The van der Waals surface area contributed by atoms with Gasteiger partial charge in [-0.05, 0) is 25.1 Å². The number of aromatic amines is 1. The molecule has 0 atom stereocenters. The quantitative estimate of drug-likeness (QED) is 0.531. The number of halogens is 2. The molecule has 11 heteroatoms. The Morgan fingerprint density at radius 1 is 1.18 bits per heavy atom. The Labute approximate surface area is 158 Å². The monoisotopic (exact) mass is 404 g/mol. The summed E-state index contributed by atoms with van der Waals surface area (Å²) in [5.74, 6) is 0. The summed E-state index contributed by atoms with van der Waals surface area (Å²) in [5, 5.41) is 4.19. The molecular weight excluding hydrogens is 390 g/mol. The van der Waals surface area contributed by atoms with Crippen molar-refractivity contribution in [3.63, 3.8) is 0 Å². The van der Waals surface area contributed by atoms with Gasteiger partial charge < -0.3 is 4.98 Å². The average Bonchev–Trinajstić information content (AvgIpc) is 3.28. The number of anilines is 1. The third-order valence-electron chi connectivity index (χ3n) is 4.06. The van der Waals surface area contributed by atoms with Crippen molar-refractivity contribution < 1.29 is 17.2 Å². The number of nitrogens with one attached hydrogen (secondary N) is 2. The predicted molar refractivity (Wildman–Crippen MR) is 98.4 cm³/mol. The summed E-state index contributed by atoms with van der Waals surface area (Å²) < 4.78 is 52.5. The molecule has 4 aromatic rings. The maximum atomic E-state index is 12.6. The van der Waals surface area contributed by atoms with Gasteiger partial charge >= 0.3 is 6.55 Å². The van der Waals surface area contributed by atoms with Crippen molar-refractivity contribution in [2.75, 3.05) is 4.72 Å². The second kappa shape index (κ2) is 6.68. The largest absolute Gasteiger partial charge is 0.343 e. The molecule has 0 saturated heterocycles. The third-order valence-corrected chi connectivity index (χ3v) is 5.39.